The van der Waals surface area contributed by atoms with E-state index in [2.05, 4.69) is 71.3 Å². The Bertz CT molecular complexity index is 2700. The summed E-state index contributed by atoms with van der Waals surface area (Å²) in [5.74, 6) is 1.38. The average Bonchev–Trinajstić information content (AvgIpc) is 3.90. The summed E-state index contributed by atoms with van der Waals surface area (Å²) in [4.78, 5) is 9.72. The summed E-state index contributed by atoms with van der Waals surface area (Å²) in [6, 6.07) is 47.6. The van der Waals surface area contributed by atoms with Crippen molar-refractivity contribution >= 4 is 55.0 Å². The maximum atomic E-state index is 6.37. The Morgan fingerprint density at radius 1 is 0.435 bits per heavy atom. The minimum Gasteiger partial charge on any atom is -0.456 e. The number of fused-ring (bicyclic) bond motifs is 6. The number of nitrogens with zero attached hydrogens (tertiary/aromatic N) is 3. The van der Waals surface area contributed by atoms with Crippen LogP contribution in [-0.4, -0.2) is 14.5 Å². The zero-order chi connectivity index (χ0) is 30.2. The fraction of sp³-hybridized carbons (Fsp3) is 0. The van der Waals surface area contributed by atoms with Crippen LogP contribution in [0.2, 0.25) is 0 Å². The third-order valence-corrected chi connectivity index (χ3v) is 8.69. The molecule has 0 unspecified atom stereocenters. The van der Waals surface area contributed by atoms with Crippen LogP contribution in [0, 0.1) is 0 Å². The van der Waals surface area contributed by atoms with Gasteiger partial charge in [0.05, 0.1) is 11.0 Å². The lowest BCUT2D eigenvalue weighted by atomic mass is 10.1. The molecule has 0 N–H and O–H groups in total. The first kappa shape index (κ1) is 25.0. The van der Waals surface area contributed by atoms with Gasteiger partial charge in [0, 0.05) is 27.3 Å². The molecule has 0 spiro atoms. The van der Waals surface area contributed by atoms with Crippen molar-refractivity contribution in [1.82, 2.24) is 14.5 Å². The van der Waals surface area contributed by atoms with E-state index in [1.165, 1.54) is 0 Å². The molecule has 6 aromatic carbocycles. The lowest BCUT2D eigenvalue weighted by Gasteiger charge is -2.03. The first-order chi connectivity index (χ1) is 22.7. The molecule has 0 aliphatic carbocycles. The maximum Gasteiger partial charge on any atom is 0.307 e. The standard InChI is InChI=1S/C40H23N3O3/c1-2-8-24(9-3-1)25-14-17-32-38(22-25)45-39(41-32)28-16-19-34-30(21-28)29-20-27(37-23-26-10-4-6-12-35(26)44-37)15-18-33(29)43(34)40-42-31-11-5-7-13-36(31)46-40/h1-23H. The van der Waals surface area contributed by atoms with Crippen molar-refractivity contribution in [1.29, 1.82) is 0 Å². The SMILES string of the molecule is c1ccc(-c2ccc3nc(-c4ccc5c(c4)c4cc(-c6cc7ccccc7o6)ccc4n5-c4nc5ccccc5o4)oc3c2)cc1. The number of furan rings is 1. The third kappa shape index (κ3) is 3.84. The molecule has 10 rings (SSSR count). The van der Waals surface area contributed by atoms with E-state index < -0.39 is 0 Å². The van der Waals surface area contributed by atoms with E-state index >= 15 is 0 Å². The average molecular weight is 594 g/mol. The van der Waals surface area contributed by atoms with Crippen LogP contribution in [0.25, 0.3) is 94.9 Å². The number of hydrogen-bond acceptors (Lipinski definition) is 5. The van der Waals surface area contributed by atoms with Crippen molar-refractivity contribution in [3.63, 3.8) is 0 Å². The van der Waals surface area contributed by atoms with Gasteiger partial charge in [-0.3, -0.25) is 4.57 Å². The van der Waals surface area contributed by atoms with Crippen LogP contribution in [0.5, 0.6) is 0 Å². The van der Waals surface area contributed by atoms with Crippen LogP contribution in [0.15, 0.2) is 153 Å². The lowest BCUT2D eigenvalue weighted by molar-refractivity contribution is 0.574. The van der Waals surface area contributed by atoms with Crippen LogP contribution in [0.1, 0.15) is 0 Å². The summed E-state index contributed by atoms with van der Waals surface area (Å²) >= 11 is 0. The minimum atomic E-state index is 0.515. The minimum absolute atomic E-state index is 0.515. The molecule has 0 aliphatic rings. The van der Waals surface area contributed by atoms with Crippen LogP contribution in [0.3, 0.4) is 0 Å². The molecule has 0 radical (unpaired) electrons. The molecular formula is C40H23N3O3. The summed E-state index contributed by atoms with van der Waals surface area (Å²) in [6.07, 6.45) is 0. The van der Waals surface area contributed by atoms with Gasteiger partial charge in [0.25, 0.3) is 0 Å². The van der Waals surface area contributed by atoms with Gasteiger partial charge in [0.1, 0.15) is 22.4 Å². The number of aromatic nitrogens is 3. The highest BCUT2D eigenvalue weighted by atomic mass is 16.4. The fourth-order valence-electron chi connectivity index (χ4n) is 6.45. The molecule has 216 valence electrons. The summed E-state index contributed by atoms with van der Waals surface area (Å²) in [5, 5.41) is 3.14. The Hall–Kier alpha value is -6.40. The normalized spacial score (nSPS) is 11.9. The molecule has 6 nitrogen and oxygen atoms in total. The molecule has 4 aromatic heterocycles. The highest BCUT2D eigenvalue weighted by molar-refractivity contribution is 6.11. The second-order valence-electron chi connectivity index (χ2n) is 11.5. The van der Waals surface area contributed by atoms with E-state index in [1.807, 2.05) is 72.8 Å². The molecule has 0 saturated carbocycles. The monoisotopic (exact) mass is 593 g/mol. The predicted octanol–water partition coefficient (Wildman–Crippen LogP) is 10.8. The highest BCUT2D eigenvalue weighted by Gasteiger charge is 2.20. The van der Waals surface area contributed by atoms with Crippen LogP contribution < -0.4 is 0 Å². The molecule has 0 aliphatic heterocycles. The molecule has 4 heterocycles. The van der Waals surface area contributed by atoms with Crippen molar-refractivity contribution in [2.24, 2.45) is 0 Å². The Kier molecular flexibility index (Phi) is 5.19. The molecule has 0 saturated heterocycles. The zero-order valence-electron chi connectivity index (χ0n) is 24.3. The smallest absolute Gasteiger partial charge is 0.307 e. The van der Waals surface area contributed by atoms with Gasteiger partial charge >= 0.3 is 6.01 Å². The quantitative estimate of drug-likeness (QED) is 0.203. The van der Waals surface area contributed by atoms with E-state index in [4.69, 9.17) is 23.2 Å². The second-order valence-corrected chi connectivity index (χ2v) is 11.5. The first-order valence-corrected chi connectivity index (χ1v) is 15.1. The Balaban J connectivity index is 1.17. The van der Waals surface area contributed by atoms with Crippen LogP contribution in [-0.2, 0) is 0 Å². The van der Waals surface area contributed by atoms with Crippen LogP contribution >= 0.6 is 0 Å². The zero-order valence-corrected chi connectivity index (χ0v) is 24.3. The summed E-state index contributed by atoms with van der Waals surface area (Å²) < 4.78 is 21.0. The topological polar surface area (TPSA) is 70.1 Å². The summed E-state index contributed by atoms with van der Waals surface area (Å²) in [7, 11) is 0. The lowest BCUT2D eigenvalue weighted by Crippen LogP contribution is -1.93. The maximum absolute atomic E-state index is 6.37. The van der Waals surface area contributed by atoms with Gasteiger partial charge < -0.3 is 13.3 Å². The number of rotatable bonds is 4. The van der Waals surface area contributed by atoms with Crippen molar-refractivity contribution < 1.29 is 13.3 Å². The summed E-state index contributed by atoms with van der Waals surface area (Å²) in [6.45, 7) is 0. The van der Waals surface area contributed by atoms with Gasteiger partial charge in [-0.2, -0.15) is 4.98 Å². The molecule has 46 heavy (non-hydrogen) atoms. The Labute approximate surface area is 261 Å². The van der Waals surface area contributed by atoms with Gasteiger partial charge in [-0.05, 0) is 83.9 Å². The number of benzene rings is 6. The number of hydrogen-bond donors (Lipinski definition) is 0. The largest absolute Gasteiger partial charge is 0.456 e. The van der Waals surface area contributed by atoms with Crippen LogP contribution in [0.4, 0.5) is 0 Å². The third-order valence-electron chi connectivity index (χ3n) is 8.69. The second kappa shape index (κ2) is 9.55. The molecule has 0 bridgehead atoms. The summed E-state index contributed by atoms with van der Waals surface area (Å²) in [5.41, 5.74) is 10.0. The Morgan fingerprint density at radius 3 is 1.96 bits per heavy atom. The highest BCUT2D eigenvalue weighted by Crippen LogP contribution is 2.39. The van der Waals surface area contributed by atoms with Gasteiger partial charge in [0.2, 0.25) is 5.89 Å². The molecule has 6 heteroatoms. The van der Waals surface area contributed by atoms with Gasteiger partial charge in [0.15, 0.2) is 11.2 Å². The molecule has 0 amide bonds. The molecule has 0 fully saturated rings. The first-order valence-electron chi connectivity index (χ1n) is 15.1. The predicted molar refractivity (Wildman–Crippen MR) is 182 cm³/mol. The van der Waals surface area contributed by atoms with Crippen molar-refractivity contribution in [3.05, 3.63) is 140 Å². The van der Waals surface area contributed by atoms with Gasteiger partial charge in [-0.15, -0.1) is 0 Å². The van der Waals surface area contributed by atoms with Crippen molar-refractivity contribution in [2.75, 3.05) is 0 Å². The van der Waals surface area contributed by atoms with Crippen molar-refractivity contribution in [3.8, 4) is 39.9 Å². The van der Waals surface area contributed by atoms with E-state index in [-0.39, 0.29) is 0 Å². The molecule has 0 atom stereocenters. The van der Waals surface area contributed by atoms with E-state index in [0.717, 1.165) is 83.0 Å². The number of oxazole rings is 2. The van der Waals surface area contributed by atoms with E-state index in [0.29, 0.717) is 11.9 Å². The number of para-hydroxylation sites is 3. The van der Waals surface area contributed by atoms with Gasteiger partial charge in [-0.1, -0.05) is 66.7 Å². The Morgan fingerprint density at radius 2 is 1.13 bits per heavy atom. The van der Waals surface area contributed by atoms with Gasteiger partial charge in [-0.25, -0.2) is 4.98 Å². The fourth-order valence-corrected chi connectivity index (χ4v) is 6.45. The van der Waals surface area contributed by atoms with E-state index in [9.17, 15) is 0 Å². The molecular weight excluding hydrogens is 570 g/mol. The molecule has 10 aromatic rings. The van der Waals surface area contributed by atoms with E-state index in [1.54, 1.807) is 0 Å². The van der Waals surface area contributed by atoms with Crippen molar-refractivity contribution in [2.45, 2.75) is 0 Å².